The van der Waals surface area contributed by atoms with Crippen LogP contribution >= 0.6 is 0 Å². The molecule has 1 aliphatic heterocycles. The number of aromatic nitrogens is 1. The number of fused-ring (bicyclic) bond motifs is 3. The zero-order valence-corrected chi connectivity index (χ0v) is 19.0. The zero-order chi connectivity index (χ0) is 23.5. The number of carbonyl (C=O) groups excluding carboxylic acids is 2. The molecule has 3 aromatic carbocycles. The van der Waals surface area contributed by atoms with Gasteiger partial charge in [-0.15, -0.1) is 0 Å². The second-order valence-corrected chi connectivity index (χ2v) is 8.32. The highest BCUT2D eigenvalue weighted by Crippen LogP contribution is 2.33. The van der Waals surface area contributed by atoms with Crippen molar-refractivity contribution < 1.29 is 14.3 Å². The van der Waals surface area contributed by atoms with Crippen molar-refractivity contribution in [2.75, 3.05) is 13.2 Å². The summed E-state index contributed by atoms with van der Waals surface area (Å²) in [5.74, 6) is -0.991. The third-order valence-corrected chi connectivity index (χ3v) is 6.26. The molecule has 0 aliphatic carbocycles. The number of H-pyrrole nitrogens is 1. The van der Waals surface area contributed by atoms with E-state index in [0.29, 0.717) is 18.5 Å². The van der Waals surface area contributed by atoms with Crippen LogP contribution in [0.1, 0.15) is 35.2 Å². The lowest BCUT2D eigenvalue weighted by molar-refractivity contribution is -0.136. The quantitative estimate of drug-likeness (QED) is 0.420. The fraction of sp³-hybridized carbons (Fsp3) is 0.172. The SMILES string of the molecule is CCOC(=O)C1=CN(C(=O)C(c2ccccc2)c2ccccc2)CCc2c1[nH]c1ccccc21. The molecule has 1 aromatic heterocycles. The summed E-state index contributed by atoms with van der Waals surface area (Å²) >= 11 is 0. The first-order valence-corrected chi connectivity index (χ1v) is 11.6. The van der Waals surface area contributed by atoms with Crippen LogP contribution in [0.5, 0.6) is 0 Å². The van der Waals surface area contributed by atoms with E-state index < -0.39 is 11.9 Å². The number of aromatic amines is 1. The zero-order valence-electron chi connectivity index (χ0n) is 19.0. The Morgan fingerprint density at radius 3 is 2.18 bits per heavy atom. The third-order valence-electron chi connectivity index (χ3n) is 6.26. The number of rotatable bonds is 5. The number of nitrogens with one attached hydrogen (secondary N) is 1. The molecule has 0 fully saturated rings. The van der Waals surface area contributed by atoms with E-state index in [9.17, 15) is 9.59 Å². The van der Waals surface area contributed by atoms with Crippen LogP contribution in [0.2, 0.25) is 0 Å². The van der Waals surface area contributed by atoms with E-state index in [0.717, 1.165) is 33.3 Å². The molecule has 1 aliphatic rings. The maximum absolute atomic E-state index is 14.0. The standard InChI is InChI=1S/C29H26N2O3/c1-2-34-29(33)24-19-31(18-17-23-22-15-9-10-16-25(22)30-27(23)24)28(32)26(20-11-5-3-6-12-20)21-13-7-4-8-14-21/h3-16,19,26,30H,2,17-18H2,1H3. The predicted octanol–water partition coefficient (Wildman–Crippen LogP) is 5.29. The average molecular weight is 451 g/mol. The molecular weight excluding hydrogens is 424 g/mol. The maximum Gasteiger partial charge on any atom is 0.341 e. The van der Waals surface area contributed by atoms with E-state index >= 15 is 0 Å². The molecule has 5 nitrogen and oxygen atoms in total. The molecule has 1 amide bonds. The molecule has 1 N–H and O–H groups in total. The summed E-state index contributed by atoms with van der Waals surface area (Å²) in [6, 6.07) is 27.5. The number of benzene rings is 3. The number of nitrogens with zero attached hydrogens (tertiary/aromatic N) is 1. The number of hydrogen-bond donors (Lipinski definition) is 1. The number of carbonyl (C=O) groups is 2. The lowest BCUT2D eigenvalue weighted by atomic mass is 9.90. The summed E-state index contributed by atoms with van der Waals surface area (Å²) < 4.78 is 5.38. The van der Waals surface area contributed by atoms with Gasteiger partial charge in [0.25, 0.3) is 0 Å². The highest BCUT2D eigenvalue weighted by atomic mass is 16.5. The highest BCUT2D eigenvalue weighted by Gasteiger charge is 2.31. The van der Waals surface area contributed by atoms with Crippen molar-refractivity contribution in [3.8, 4) is 0 Å². The van der Waals surface area contributed by atoms with Crippen molar-refractivity contribution in [1.82, 2.24) is 9.88 Å². The lowest BCUT2D eigenvalue weighted by Crippen LogP contribution is -2.33. The van der Waals surface area contributed by atoms with Gasteiger partial charge in [0.05, 0.1) is 23.8 Å². The first-order valence-electron chi connectivity index (χ1n) is 11.6. The number of amides is 1. The summed E-state index contributed by atoms with van der Waals surface area (Å²) in [4.78, 5) is 32.1. The van der Waals surface area contributed by atoms with Crippen molar-refractivity contribution in [2.24, 2.45) is 0 Å². The van der Waals surface area contributed by atoms with Crippen LogP contribution in [-0.4, -0.2) is 34.9 Å². The molecule has 0 saturated heterocycles. The van der Waals surface area contributed by atoms with Crippen LogP contribution in [0.25, 0.3) is 16.5 Å². The second-order valence-electron chi connectivity index (χ2n) is 8.32. The van der Waals surface area contributed by atoms with Gasteiger partial charge in [-0.05, 0) is 36.1 Å². The Kier molecular flexibility index (Phi) is 6.00. The maximum atomic E-state index is 14.0. The van der Waals surface area contributed by atoms with Crippen LogP contribution < -0.4 is 0 Å². The normalized spacial score (nSPS) is 13.4. The van der Waals surface area contributed by atoms with E-state index in [1.54, 1.807) is 18.0 Å². The first kappa shape index (κ1) is 21.7. The fourth-order valence-corrected chi connectivity index (χ4v) is 4.68. The molecule has 2 heterocycles. The van der Waals surface area contributed by atoms with E-state index in [-0.39, 0.29) is 12.5 Å². The molecule has 0 bridgehead atoms. The fourth-order valence-electron chi connectivity index (χ4n) is 4.68. The second kappa shape index (κ2) is 9.40. The Hall–Kier alpha value is -4.12. The van der Waals surface area contributed by atoms with Crippen molar-refractivity contribution in [3.05, 3.63) is 114 Å². The van der Waals surface area contributed by atoms with Crippen molar-refractivity contribution in [3.63, 3.8) is 0 Å². The molecule has 0 radical (unpaired) electrons. The minimum absolute atomic E-state index is 0.0753. The Bertz CT molecular complexity index is 1320. The molecule has 5 rings (SSSR count). The molecule has 5 heteroatoms. The van der Waals surface area contributed by atoms with Gasteiger partial charge < -0.3 is 14.6 Å². The van der Waals surface area contributed by atoms with Crippen molar-refractivity contribution in [2.45, 2.75) is 19.3 Å². The van der Waals surface area contributed by atoms with Gasteiger partial charge in [0.1, 0.15) is 0 Å². The summed E-state index contributed by atoms with van der Waals surface area (Å²) in [7, 11) is 0. The van der Waals surface area contributed by atoms with Gasteiger partial charge in [-0.1, -0.05) is 78.9 Å². The molecule has 0 unspecified atom stereocenters. The van der Waals surface area contributed by atoms with E-state index in [1.807, 2.05) is 84.9 Å². The molecule has 34 heavy (non-hydrogen) atoms. The monoisotopic (exact) mass is 450 g/mol. The number of hydrogen-bond acceptors (Lipinski definition) is 3. The molecule has 4 aromatic rings. The Morgan fingerprint density at radius 1 is 0.912 bits per heavy atom. The lowest BCUT2D eigenvalue weighted by Gasteiger charge is -2.25. The van der Waals surface area contributed by atoms with Crippen LogP contribution in [0.4, 0.5) is 0 Å². The van der Waals surface area contributed by atoms with Gasteiger partial charge in [-0.25, -0.2) is 4.79 Å². The largest absolute Gasteiger partial charge is 0.462 e. The first-order chi connectivity index (χ1) is 16.7. The third kappa shape index (κ3) is 4.01. The number of para-hydroxylation sites is 1. The summed E-state index contributed by atoms with van der Waals surface area (Å²) in [5.41, 5.74) is 4.93. The molecule has 0 saturated carbocycles. The van der Waals surface area contributed by atoms with Crippen LogP contribution in [0.3, 0.4) is 0 Å². The van der Waals surface area contributed by atoms with Crippen LogP contribution in [-0.2, 0) is 20.7 Å². The van der Waals surface area contributed by atoms with Gasteiger partial charge in [-0.3, -0.25) is 4.79 Å². The number of esters is 1. The van der Waals surface area contributed by atoms with Gasteiger partial charge in [0.2, 0.25) is 5.91 Å². The van der Waals surface area contributed by atoms with Crippen molar-refractivity contribution >= 4 is 28.4 Å². The van der Waals surface area contributed by atoms with E-state index in [4.69, 9.17) is 4.74 Å². The minimum Gasteiger partial charge on any atom is -0.462 e. The minimum atomic E-state index is -0.477. The molecule has 0 spiro atoms. The number of ether oxygens (including phenoxy) is 1. The molecular formula is C29H26N2O3. The summed E-state index contributed by atoms with van der Waals surface area (Å²) in [6.07, 6.45) is 2.29. The van der Waals surface area contributed by atoms with Crippen LogP contribution in [0.15, 0.2) is 91.1 Å². The van der Waals surface area contributed by atoms with Crippen LogP contribution in [0, 0.1) is 0 Å². The Morgan fingerprint density at radius 2 is 1.53 bits per heavy atom. The topological polar surface area (TPSA) is 62.4 Å². The smallest absolute Gasteiger partial charge is 0.341 e. The van der Waals surface area contributed by atoms with E-state index in [1.165, 1.54) is 0 Å². The highest BCUT2D eigenvalue weighted by molar-refractivity contribution is 6.18. The van der Waals surface area contributed by atoms with E-state index in [2.05, 4.69) is 4.98 Å². The van der Waals surface area contributed by atoms with Gasteiger partial charge >= 0.3 is 5.97 Å². The van der Waals surface area contributed by atoms with Gasteiger partial charge in [-0.2, -0.15) is 0 Å². The summed E-state index contributed by atoms with van der Waals surface area (Å²) in [6.45, 7) is 2.51. The predicted molar refractivity (Wildman–Crippen MR) is 133 cm³/mol. The molecule has 0 atom stereocenters. The Labute approximate surface area is 198 Å². The summed E-state index contributed by atoms with van der Waals surface area (Å²) in [5, 5.41) is 1.06. The Balaban J connectivity index is 1.60. The van der Waals surface area contributed by atoms with Gasteiger partial charge in [0, 0.05) is 23.6 Å². The average Bonchev–Trinajstić information content (AvgIpc) is 3.13. The molecule has 170 valence electrons. The van der Waals surface area contributed by atoms with Crippen molar-refractivity contribution in [1.29, 1.82) is 0 Å². The van der Waals surface area contributed by atoms with Gasteiger partial charge in [0.15, 0.2) is 0 Å².